The van der Waals surface area contributed by atoms with Gasteiger partial charge < -0.3 is 0 Å². The highest BCUT2D eigenvalue weighted by Crippen LogP contribution is 2.35. The van der Waals surface area contributed by atoms with Gasteiger partial charge in [-0.15, -0.1) is 0 Å². The maximum absolute atomic E-state index is 14.3. The smallest absolute Gasteiger partial charge is 0.232 e. The van der Waals surface area contributed by atoms with Gasteiger partial charge in [-0.2, -0.15) is 18.3 Å². The summed E-state index contributed by atoms with van der Waals surface area (Å²) in [7, 11) is -4.23. The molecule has 0 spiro atoms. The second-order valence-electron chi connectivity index (χ2n) is 6.30. The third-order valence-electron chi connectivity index (χ3n) is 4.07. The van der Waals surface area contributed by atoms with Gasteiger partial charge in [0.25, 0.3) is 0 Å². The summed E-state index contributed by atoms with van der Waals surface area (Å²) in [5.41, 5.74) is -0.958. The lowest BCUT2D eigenvalue weighted by Crippen LogP contribution is -2.10. The molecule has 4 nitrogen and oxygen atoms in total. The number of sulfone groups is 1. The molecule has 2 aromatic carbocycles. The maximum atomic E-state index is 14.3. The van der Waals surface area contributed by atoms with E-state index < -0.39 is 43.9 Å². The molecule has 0 radical (unpaired) electrons. The highest BCUT2D eigenvalue weighted by molar-refractivity contribution is 7.90. The molecule has 3 aromatic rings. The molecule has 0 fully saturated rings. The predicted molar refractivity (Wildman–Crippen MR) is 96.8 cm³/mol. The Bertz CT molecular complexity index is 1200. The van der Waals surface area contributed by atoms with Crippen molar-refractivity contribution in [2.45, 2.75) is 18.0 Å². The second-order valence-corrected chi connectivity index (χ2v) is 8.66. The summed E-state index contributed by atoms with van der Waals surface area (Å²) in [6.07, 6.45) is -4.21. The van der Waals surface area contributed by atoms with Gasteiger partial charge in [0.1, 0.15) is 16.5 Å². The number of aryl methyl sites for hydroxylation is 1. The van der Waals surface area contributed by atoms with Crippen molar-refractivity contribution in [3.05, 3.63) is 64.3 Å². The van der Waals surface area contributed by atoms with Crippen molar-refractivity contribution in [1.29, 1.82) is 0 Å². The lowest BCUT2D eigenvalue weighted by atomic mass is 10.1. The molecule has 29 heavy (non-hydrogen) atoms. The molecule has 0 saturated heterocycles. The Kier molecular flexibility index (Phi) is 5.20. The zero-order valence-corrected chi connectivity index (χ0v) is 16.4. The normalized spacial score (nSPS) is 12.4. The Labute approximate surface area is 167 Å². The van der Waals surface area contributed by atoms with Crippen LogP contribution in [0.3, 0.4) is 0 Å². The minimum Gasteiger partial charge on any atom is -0.232 e. The first kappa shape index (κ1) is 21.3. The average molecular weight is 451 g/mol. The highest BCUT2D eigenvalue weighted by atomic mass is 35.5. The number of rotatable bonds is 3. The van der Waals surface area contributed by atoms with Crippen molar-refractivity contribution in [3.63, 3.8) is 0 Å². The summed E-state index contributed by atoms with van der Waals surface area (Å²) in [5.74, 6) is -2.89. The van der Waals surface area contributed by atoms with Gasteiger partial charge in [0.15, 0.2) is 15.5 Å². The number of halogens is 6. The Morgan fingerprint density at radius 2 is 1.62 bits per heavy atom. The minimum atomic E-state index is -4.82. The first-order valence-corrected chi connectivity index (χ1v) is 10.2. The summed E-state index contributed by atoms with van der Waals surface area (Å²) in [6, 6.07) is 6.35. The third kappa shape index (κ3) is 4.13. The van der Waals surface area contributed by atoms with Crippen LogP contribution in [0, 0.1) is 18.6 Å². The first-order chi connectivity index (χ1) is 13.3. The van der Waals surface area contributed by atoms with Crippen LogP contribution in [0.2, 0.25) is 5.02 Å². The standard InChI is InChI=1S/C18H12ClF5N2O2S/c1-9-3-4-10(5-12(9)19)15-8-16(18(22,23)24)25-26(15)11-6-13(20)17(14(21)7-11)29(2,27)28/h3-8H,1-2H3. The van der Waals surface area contributed by atoms with Gasteiger partial charge in [-0.3, -0.25) is 0 Å². The quantitative estimate of drug-likeness (QED) is 0.515. The molecule has 0 unspecified atom stereocenters. The van der Waals surface area contributed by atoms with Crippen LogP contribution < -0.4 is 0 Å². The molecule has 154 valence electrons. The van der Waals surface area contributed by atoms with Crippen LogP contribution in [0.25, 0.3) is 16.9 Å². The van der Waals surface area contributed by atoms with E-state index in [1.165, 1.54) is 12.1 Å². The maximum Gasteiger partial charge on any atom is 0.435 e. The minimum absolute atomic E-state index is 0.134. The number of aromatic nitrogens is 2. The van der Waals surface area contributed by atoms with E-state index in [1.54, 1.807) is 13.0 Å². The molecule has 0 aliphatic heterocycles. The number of benzene rings is 2. The van der Waals surface area contributed by atoms with Crippen LogP contribution in [-0.2, 0) is 16.0 Å². The zero-order valence-electron chi connectivity index (χ0n) is 14.9. The fourth-order valence-corrected chi connectivity index (χ4v) is 3.70. The molecular weight excluding hydrogens is 439 g/mol. The molecule has 0 aliphatic rings. The summed E-state index contributed by atoms with van der Waals surface area (Å²) >= 11 is 6.04. The van der Waals surface area contributed by atoms with E-state index in [-0.39, 0.29) is 16.3 Å². The molecule has 0 aliphatic carbocycles. The Hall–Kier alpha value is -2.46. The van der Waals surface area contributed by atoms with Crippen molar-refractivity contribution >= 4 is 21.4 Å². The first-order valence-electron chi connectivity index (χ1n) is 7.92. The van der Waals surface area contributed by atoms with E-state index in [1.807, 2.05) is 0 Å². The monoisotopic (exact) mass is 450 g/mol. The number of nitrogens with zero attached hydrogens (tertiary/aromatic N) is 2. The van der Waals surface area contributed by atoms with Crippen molar-refractivity contribution in [1.82, 2.24) is 9.78 Å². The Balaban J connectivity index is 2.29. The molecule has 3 rings (SSSR count). The highest BCUT2D eigenvalue weighted by Gasteiger charge is 2.35. The van der Waals surface area contributed by atoms with Gasteiger partial charge in [-0.1, -0.05) is 23.7 Å². The number of hydrogen-bond donors (Lipinski definition) is 0. The van der Waals surface area contributed by atoms with Crippen LogP contribution in [0.15, 0.2) is 41.3 Å². The van der Waals surface area contributed by atoms with Crippen LogP contribution in [0.5, 0.6) is 0 Å². The molecule has 11 heteroatoms. The molecule has 0 N–H and O–H groups in total. The van der Waals surface area contributed by atoms with Crippen molar-refractivity contribution in [3.8, 4) is 16.9 Å². The largest absolute Gasteiger partial charge is 0.435 e. The van der Waals surface area contributed by atoms with Gasteiger partial charge >= 0.3 is 6.18 Å². The second kappa shape index (κ2) is 7.10. The number of alkyl halides is 3. The van der Waals surface area contributed by atoms with Crippen LogP contribution in [-0.4, -0.2) is 24.5 Å². The van der Waals surface area contributed by atoms with E-state index in [0.29, 0.717) is 34.7 Å². The van der Waals surface area contributed by atoms with E-state index in [2.05, 4.69) is 5.10 Å². The SMILES string of the molecule is Cc1ccc(-c2cc(C(F)(F)F)nn2-c2cc(F)c(S(C)(=O)=O)c(F)c2)cc1Cl. The van der Waals surface area contributed by atoms with Crippen molar-refractivity contribution in [2.24, 2.45) is 0 Å². The van der Waals surface area contributed by atoms with Crippen molar-refractivity contribution < 1.29 is 30.4 Å². The lowest BCUT2D eigenvalue weighted by molar-refractivity contribution is -0.141. The molecule has 1 aromatic heterocycles. The van der Waals surface area contributed by atoms with Crippen molar-refractivity contribution in [2.75, 3.05) is 6.26 Å². The molecule has 1 heterocycles. The third-order valence-corrected chi connectivity index (χ3v) is 5.60. The van der Waals surface area contributed by atoms with Gasteiger partial charge in [-0.25, -0.2) is 21.9 Å². The summed E-state index contributed by atoms with van der Waals surface area (Å²) in [5, 5.41) is 3.69. The van der Waals surface area contributed by atoms with Gasteiger partial charge in [0.05, 0.1) is 11.4 Å². The van der Waals surface area contributed by atoms with E-state index in [0.717, 1.165) is 0 Å². The fourth-order valence-electron chi connectivity index (χ4n) is 2.70. The van der Waals surface area contributed by atoms with Crippen LogP contribution in [0.4, 0.5) is 22.0 Å². The van der Waals surface area contributed by atoms with E-state index >= 15 is 0 Å². The summed E-state index contributed by atoms with van der Waals surface area (Å²) in [6.45, 7) is 1.69. The van der Waals surface area contributed by atoms with Crippen LogP contribution in [0.1, 0.15) is 11.3 Å². The fraction of sp³-hybridized carbons (Fsp3) is 0.167. The van der Waals surface area contributed by atoms with E-state index in [9.17, 15) is 30.4 Å². The average Bonchev–Trinajstić information content (AvgIpc) is 3.01. The molecule has 0 bridgehead atoms. The predicted octanol–water partition coefficient (Wildman–Crippen LogP) is 5.20. The lowest BCUT2D eigenvalue weighted by Gasteiger charge is -2.11. The zero-order chi connectivity index (χ0) is 21.7. The van der Waals surface area contributed by atoms with Crippen LogP contribution >= 0.6 is 11.6 Å². The van der Waals surface area contributed by atoms with Gasteiger partial charge in [0.2, 0.25) is 0 Å². The summed E-state index contributed by atoms with van der Waals surface area (Å²) < 4.78 is 92.0. The molecule has 0 atom stereocenters. The van der Waals surface area contributed by atoms with E-state index in [4.69, 9.17) is 11.6 Å². The topological polar surface area (TPSA) is 52.0 Å². The molecule has 0 saturated carbocycles. The molecular formula is C18H12ClF5N2O2S. The Morgan fingerprint density at radius 3 is 2.10 bits per heavy atom. The Morgan fingerprint density at radius 1 is 1.03 bits per heavy atom. The molecule has 0 amide bonds. The number of hydrogen-bond acceptors (Lipinski definition) is 3. The summed E-state index contributed by atoms with van der Waals surface area (Å²) in [4.78, 5) is -1.18. The van der Waals surface area contributed by atoms with Gasteiger partial charge in [-0.05, 0) is 24.6 Å². The van der Waals surface area contributed by atoms with Gasteiger partial charge in [0, 0.05) is 29.0 Å².